The Balaban J connectivity index is 1.64. The van der Waals surface area contributed by atoms with Crippen LogP contribution in [0.15, 0.2) is 72.8 Å². The molecule has 3 atom stereocenters. The van der Waals surface area contributed by atoms with Crippen molar-refractivity contribution in [2.24, 2.45) is 5.92 Å². The molecule has 2 aromatic rings. The standard InChI is InChI=1S/C25H27NO6/c26-16-21(25(30)32-18-23(28)20-12-6-2-7-13-20)14-8-3-9-15-24(29)31-17-22(27)19-10-4-1-5-11-19/h1-7,9-13,21-23,27-28H,8,14-15,17-18H2/b9-3+. The molecular weight excluding hydrogens is 410 g/mol. The van der Waals surface area contributed by atoms with Gasteiger partial charge in [0, 0.05) is 0 Å². The lowest BCUT2D eigenvalue weighted by atomic mass is 10.0. The Morgan fingerprint density at radius 3 is 1.94 bits per heavy atom. The maximum absolute atomic E-state index is 12.1. The van der Waals surface area contributed by atoms with E-state index in [1.807, 2.05) is 18.2 Å². The molecule has 0 saturated carbocycles. The van der Waals surface area contributed by atoms with Crippen molar-refractivity contribution < 1.29 is 29.3 Å². The number of carbonyl (C=O) groups is 2. The van der Waals surface area contributed by atoms with Gasteiger partial charge in [0.2, 0.25) is 0 Å². The number of hydrogen-bond acceptors (Lipinski definition) is 7. The first-order chi connectivity index (χ1) is 15.5. The summed E-state index contributed by atoms with van der Waals surface area (Å²) in [5.74, 6) is -2.14. The van der Waals surface area contributed by atoms with Crippen LogP contribution in [0.2, 0.25) is 0 Å². The summed E-state index contributed by atoms with van der Waals surface area (Å²) < 4.78 is 10.1. The minimum atomic E-state index is -0.962. The third kappa shape index (κ3) is 8.72. The molecule has 7 nitrogen and oxygen atoms in total. The van der Waals surface area contributed by atoms with Gasteiger partial charge in [-0.2, -0.15) is 5.26 Å². The van der Waals surface area contributed by atoms with Crippen LogP contribution in [0.5, 0.6) is 0 Å². The number of allylic oxidation sites excluding steroid dienone is 1. The van der Waals surface area contributed by atoms with Gasteiger partial charge in [0.15, 0.2) is 0 Å². The van der Waals surface area contributed by atoms with Crippen molar-refractivity contribution in [2.45, 2.75) is 31.5 Å². The molecule has 7 heteroatoms. The molecule has 0 aliphatic rings. The van der Waals surface area contributed by atoms with Gasteiger partial charge in [-0.1, -0.05) is 72.8 Å². The van der Waals surface area contributed by atoms with Crippen molar-refractivity contribution in [3.63, 3.8) is 0 Å². The molecule has 0 bridgehead atoms. The monoisotopic (exact) mass is 437 g/mol. The Morgan fingerprint density at radius 1 is 0.875 bits per heavy atom. The van der Waals surface area contributed by atoms with Crippen molar-refractivity contribution in [1.82, 2.24) is 0 Å². The molecule has 0 amide bonds. The van der Waals surface area contributed by atoms with Crippen LogP contribution in [-0.2, 0) is 19.1 Å². The average Bonchev–Trinajstić information content (AvgIpc) is 2.84. The zero-order valence-electron chi connectivity index (χ0n) is 17.7. The highest BCUT2D eigenvalue weighted by atomic mass is 16.5. The number of esters is 2. The third-order valence-corrected chi connectivity index (χ3v) is 4.67. The lowest BCUT2D eigenvalue weighted by Gasteiger charge is -2.13. The minimum absolute atomic E-state index is 0.0203. The van der Waals surface area contributed by atoms with Crippen LogP contribution < -0.4 is 0 Å². The van der Waals surface area contributed by atoms with Crippen LogP contribution in [0, 0.1) is 17.2 Å². The number of rotatable bonds is 12. The molecule has 0 radical (unpaired) electrons. The van der Waals surface area contributed by atoms with Crippen LogP contribution in [0.3, 0.4) is 0 Å². The fraction of sp³-hybridized carbons (Fsp3) is 0.320. The normalized spacial score (nSPS) is 13.7. The summed E-state index contributed by atoms with van der Waals surface area (Å²) in [7, 11) is 0. The molecule has 2 rings (SSSR count). The van der Waals surface area contributed by atoms with Crippen LogP contribution in [-0.4, -0.2) is 35.4 Å². The lowest BCUT2D eigenvalue weighted by Crippen LogP contribution is -2.19. The predicted molar refractivity (Wildman–Crippen MR) is 117 cm³/mol. The smallest absolute Gasteiger partial charge is 0.323 e. The molecule has 0 heterocycles. The van der Waals surface area contributed by atoms with Crippen LogP contribution >= 0.6 is 0 Å². The molecule has 32 heavy (non-hydrogen) atoms. The van der Waals surface area contributed by atoms with Gasteiger partial charge in [-0.3, -0.25) is 9.59 Å². The molecule has 3 unspecified atom stereocenters. The third-order valence-electron chi connectivity index (χ3n) is 4.67. The Bertz CT molecular complexity index is 907. The summed E-state index contributed by atoms with van der Waals surface area (Å²) >= 11 is 0. The van der Waals surface area contributed by atoms with Crippen LogP contribution in [0.25, 0.3) is 0 Å². The van der Waals surface area contributed by atoms with Crippen molar-refractivity contribution in [3.05, 3.63) is 83.9 Å². The molecule has 0 aromatic heterocycles. The molecule has 0 saturated heterocycles. The quantitative estimate of drug-likeness (QED) is 0.386. The fourth-order valence-electron chi connectivity index (χ4n) is 2.83. The number of carbonyl (C=O) groups excluding carboxylic acids is 2. The maximum atomic E-state index is 12.1. The van der Waals surface area contributed by atoms with Gasteiger partial charge in [-0.05, 0) is 24.0 Å². The van der Waals surface area contributed by atoms with E-state index in [1.165, 1.54) is 0 Å². The first-order valence-corrected chi connectivity index (χ1v) is 10.3. The highest BCUT2D eigenvalue weighted by Gasteiger charge is 2.20. The van der Waals surface area contributed by atoms with E-state index in [9.17, 15) is 25.1 Å². The summed E-state index contributed by atoms with van der Waals surface area (Å²) in [6.07, 6.45) is 2.09. The SMILES string of the molecule is N#CC(CC/C=C/CC(=O)OCC(O)c1ccccc1)C(=O)OCC(O)c1ccccc1. The zero-order valence-corrected chi connectivity index (χ0v) is 17.7. The molecule has 0 spiro atoms. The van der Waals surface area contributed by atoms with Gasteiger partial charge in [-0.15, -0.1) is 0 Å². The topological polar surface area (TPSA) is 117 Å². The van der Waals surface area contributed by atoms with Crippen molar-refractivity contribution >= 4 is 11.9 Å². The molecular formula is C25H27NO6. The molecule has 0 aliphatic carbocycles. The van der Waals surface area contributed by atoms with Crippen molar-refractivity contribution in [2.75, 3.05) is 13.2 Å². The van der Waals surface area contributed by atoms with Gasteiger partial charge in [0.25, 0.3) is 0 Å². The highest BCUT2D eigenvalue weighted by molar-refractivity contribution is 5.75. The van der Waals surface area contributed by atoms with E-state index < -0.39 is 30.1 Å². The van der Waals surface area contributed by atoms with Crippen LogP contribution in [0.4, 0.5) is 0 Å². The van der Waals surface area contributed by atoms with E-state index in [2.05, 4.69) is 0 Å². The lowest BCUT2D eigenvalue weighted by molar-refractivity contribution is -0.150. The first kappa shape index (κ1) is 24.8. The second-order valence-electron chi connectivity index (χ2n) is 7.10. The number of hydrogen-bond donors (Lipinski definition) is 2. The Kier molecular flexibility index (Phi) is 10.7. The Morgan fingerprint density at radius 2 is 1.41 bits per heavy atom. The summed E-state index contributed by atoms with van der Waals surface area (Å²) in [4.78, 5) is 23.8. The van der Waals surface area contributed by atoms with Gasteiger partial charge in [0.05, 0.1) is 12.5 Å². The van der Waals surface area contributed by atoms with E-state index in [1.54, 1.807) is 60.7 Å². The second-order valence-corrected chi connectivity index (χ2v) is 7.10. The molecule has 0 aliphatic heterocycles. The summed E-state index contributed by atoms with van der Waals surface area (Å²) in [6.45, 7) is -0.356. The van der Waals surface area contributed by atoms with E-state index in [-0.39, 0.29) is 26.1 Å². The highest BCUT2D eigenvalue weighted by Crippen LogP contribution is 2.15. The summed E-state index contributed by atoms with van der Waals surface area (Å²) in [5, 5.41) is 29.2. The minimum Gasteiger partial charge on any atom is -0.462 e. The Hall–Kier alpha value is -3.47. The van der Waals surface area contributed by atoms with Gasteiger partial charge in [0.1, 0.15) is 31.3 Å². The zero-order chi connectivity index (χ0) is 23.2. The number of nitrogens with zero attached hydrogens (tertiary/aromatic N) is 1. The van der Waals surface area contributed by atoms with Gasteiger partial charge >= 0.3 is 11.9 Å². The van der Waals surface area contributed by atoms with Crippen LogP contribution in [0.1, 0.15) is 42.6 Å². The van der Waals surface area contributed by atoms with E-state index in [4.69, 9.17) is 9.47 Å². The fourth-order valence-corrected chi connectivity index (χ4v) is 2.83. The van der Waals surface area contributed by atoms with Crippen molar-refractivity contribution in [3.8, 4) is 6.07 Å². The molecule has 168 valence electrons. The Labute approximate surface area is 187 Å². The number of benzene rings is 2. The number of nitriles is 1. The molecule has 0 fully saturated rings. The number of ether oxygens (including phenoxy) is 2. The van der Waals surface area contributed by atoms with Gasteiger partial charge in [-0.25, -0.2) is 0 Å². The number of aliphatic hydroxyl groups is 2. The van der Waals surface area contributed by atoms with E-state index in [0.29, 0.717) is 17.5 Å². The van der Waals surface area contributed by atoms with Gasteiger partial charge < -0.3 is 19.7 Å². The summed E-state index contributed by atoms with van der Waals surface area (Å²) in [5.41, 5.74) is 1.29. The first-order valence-electron chi connectivity index (χ1n) is 10.3. The largest absolute Gasteiger partial charge is 0.462 e. The summed E-state index contributed by atoms with van der Waals surface area (Å²) in [6, 6.07) is 19.6. The maximum Gasteiger partial charge on any atom is 0.323 e. The number of aliphatic hydroxyl groups excluding tert-OH is 2. The second kappa shape index (κ2) is 13.8. The average molecular weight is 437 g/mol. The van der Waals surface area contributed by atoms with E-state index >= 15 is 0 Å². The molecule has 2 aromatic carbocycles. The van der Waals surface area contributed by atoms with E-state index in [0.717, 1.165) is 0 Å². The van der Waals surface area contributed by atoms with Crippen molar-refractivity contribution in [1.29, 1.82) is 5.26 Å². The molecule has 2 N–H and O–H groups in total. The predicted octanol–water partition coefficient (Wildman–Crippen LogP) is 3.41.